The molecule has 0 saturated carbocycles. The van der Waals surface area contributed by atoms with Crippen molar-refractivity contribution in [3.05, 3.63) is 23.7 Å². The van der Waals surface area contributed by atoms with Gasteiger partial charge in [-0.2, -0.15) is 0 Å². The van der Waals surface area contributed by atoms with Gasteiger partial charge < -0.3 is 19.2 Å². The third-order valence-electron chi connectivity index (χ3n) is 3.44. The van der Waals surface area contributed by atoms with E-state index in [1.54, 1.807) is 7.11 Å². The van der Waals surface area contributed by atoms with E-state index in [1.807, 2.05) is 6.07 Å². The van der Waals surface area contributed by atoms with Crippen molar-refractivity contribution < 1.29 is 13.9 Å². The smallest absolute Gasteiger partial charge is 0.129 e. The number of nitrogens with one attached hydrogen (secondary N) is 1. The van der Waals surface area contributed by atoms with Crippen molar-refractivity contribution in [3.8, 4) is 0 Å². The van der Waals surface area contributed by atoms with Crippen LogP contribution in [-0.4, -0.2) is 26.9 Å². The van der Waals surface area contributed by atoms with Crippen molar-refractivity contribution in [2.24, 2.45) is 5.92 Å². The Balaban J connectivity index is 2.06. The minimum Gasteiger partial charge on any atom is -0.462 e. The fourth-order valence-corrected chi connectivity index (χ4v) is 2.55. The minimum atomic E-state index is 0.296. The summed E-state index contributed by atoms with van der Waals surface area (Å²) in [5.41, 5.74) is 0. The number of hydrogen-bond acceptors (Lipinski definition) is 4. The molecule has 18 heavy (non-hydrogen) atoms. The Hall–Kier alpha value is -0.840. The molecule has 0 spiro atoms. The van der Waals surface area contributed by atoms with E-state index in [9.17, 15) is 0 Å². The SMILES string of the molecule is CCNC(c1ccc(COC)o1)C1CCOCC1. The molecule has 102 valence electrons. The average Bonchev–Trinajstić information content (AvgIpc) is 2.86. The predicted molar refractivity (Wildman–Crippen MR) is 69.4 cm³/mol. The van der Waals surface area contributed by atoms with E-state index in [4.69, 9.17) is 13.9 Å². The first-order valence-electron chi connectivity index (χ1n) is 6.73. The lowest BCUT2D eigenvalue weighted by Crippen LogP contribution is -2.31. The van der Waals surface area contributed by atoms with E-state index < -0.39 is 0 Å². The second kappa shape index (κ2) is 6.92. The molecule has 4 nitrogen and oxygen atoms in total. The molecule has 0 bridgehead atoms. The van der Waals surface area contributed by atoms with Gasteiger partial charge in [0.1, 0.15) is 18.1 Å². The molecule has 2 heterocycles. The fraction of sp³-hybridized carbons (Fsp3) is 0.714. The Morgan fingerprint density at radius 1 is 1.39 bits per heavy atom. The summed E-state index contributed by atoms with van der Waals surface area (Å²) in [5.74, 6) is 2.51. The standard InChI is InChI=1S/C14H23NO3/c1-3-15-14(11-6-8-17-9-7-11)13-5-4-12(18-13)10-16-2/h4-5,11,14-15H,3,6-10H2,1-2H3. The molecular formula is C14H23NO3. The molecule has 0 aliphatic carbocycles. The van der Waals surface area contributed by atoms with Crippen LogP contribution >= 0.6 is 0 Å². The lowest BCUT2D eigenvalue weighted by Gasteiger charge is -2.29. The monoisotopic (exact) mass is 253 g/mol. The molecule has 0 aromatic carbocycles. The second-order valence-electron chi connectivity index (χ2n) is 4.72. The van der Waals surface area contributed by atoms with Crippen molar-refractivity contribution in [1.82, 2.24) is 5.32 Å². The average molecular weight is 253 g/mol. The van der Waals surface area contributed by atoms with Crippen LogP contribution in [0.3, 0.4) is 0 Å². The van der Waals surface area contributed by atoms with E-state index in [2.05, 4.69) is 18.3 Å². The van der Waals surface area contributed by atoms with Crippen LogP contribution in [0.1, 0.15) is 37.3 Å². The van der Waals surface area contributed by atoms with Crippen molar-refractivity contribution >= 4 is 0 Å². The molecule has 1 N–H and O–H groups in total. The zero-order valence-corrected chi connectivity index (χ0v) is 11.3. The molecule has 1 fully saturated rings. The lowest BCUT2D eigenvalue weighted by molar-refractivity contribution is 0.0503. The highest BCUT2D eigenvalue weighted by molar-refractivity contribution is 5.11. The van der Waals surface area contributed by atoms with Gasteiger partial charge in [-0.1, -0.05) is 6.92 Å². The van der Waals surface area contributed by atoms with Crippen LogP contribution in [0.4, 0.5) is 0 Å². The highest BCUT2D eigenvalue weighted by atomic mass is 16.5. The third kappa shape index (κ3) is 3.34. The summed E-state index contributed by atoms with van der Waals surface area (Å²) in [6.45, 7) is 5.33. The van der Waals surface area contributed by atoms with E-state index in [0.717, 1.165) is 44.1 Å². The Morgan fingerprint density at radius 2 is 2.17 bits per heavy atom. The Bertz CT molecular complexity index is 345. The normalized spacial score (nSPS) is 19.0. The van der Waals surface area contributed by atoms with Gasteiger partial charge >= 0.3 is 0 Å². The number of ether oxygens (including phenoxy) is 2. The van der Waals surface area contributed by atoms with Crippen LogP contribution in [0.15, 0.2) is 16.5 Å². The summed E-state index contributed by atoms with van der Waals surface area (Å²) in [4.78, 5) is 0. The van der Waals surface area contributed by atoms with E-state index in [0.29, 0.717) is 18.6 Å². The third-order valence-corrected chi connectivity index (χ3v) is 3.44. The first-order chi connectivity index (χ1) is 8.85. The molecule has 1 aromatic heterocycles. The van der Waals surface area contributed by atoms with Crippen LogP contribution in [-0.2, 0) is 16.1 Å². The van der Waals surface area contributed by atoms with Gasteiger partial charge in [0.25, 0.3) is 0 Å². The Morgan fingerprint density at radius 3 is 2.83 bits per heavy atom. The van der Waals surface area contributed by atoms with Gasteiger partial charge in [-0.05, 0) is 37.4 Å². The first-order valence-corrected chi connectivity index (χ1v) is 6.73. The Kier molecular flexibility index (Phi) is 5.23. The van der Waals surface area contributed by atoms with Gasteiger partial charge in [0, 0.05) is 20.3 Å². The summed E-state index contributed by atoms with van der Waals surface area (Å²) in [6.07, 6.45) is 2.19. The highest BCUT2D eigenvalue weighted by Crippen LogP contribution is 2.31. The molecular weight excluding hydrogens is 230 g/mol. The molecule has 1 atom stereocenters. The summed E-state index contributed by atoms with van der Waals surface area (Å²) in [7, 11) is 1.68. The maximum Gasteiger partial charge on any atom is 0.129 e. The summed E-state index contributed by atoms with van der Waals surface area (Å²) in [5, 5.41) is 3.53. The first kappa shape index (κ1) is 13.6. The van der Waals surface area contributed by atoms with Crippen LogP contribution < -0.4 is 5.32 Å². The molecule has 1 aliphatic rings. The van der Waals surface area contributed by atoms with Crippen LogP contribution in [0, 0.1) is 5.92 Å². The molecule has 1 saturated heterocycles. The van der Waals surface area contributed by atoms with Crippen molar-refractivity contribution in [3.63, 3.8) is 0 Å². The van der Waals surface area contributed by atoms with Gasteiger partial charge in [-0.25, -0.2) is 0 Å². The Labute approximate surface area is 109 Å². The molecule has 1 aromatic rings. The predicted octanol–water partition coefficient (Wildman–Crippen LogP) is 2.50. The number of methoxy groups -OCH3 is 1. The van der Waals surface area contributed by atoms with E-state index in [1.165, 1.54) is 0 Å². The highest BCUT2D eigenvalue weighted by Gasteiger charge is 2.27. The number of hydrogen-bond donors (Lipinski definition) is 1. The van der Waals surface area contributed by atoms with Crippen LogP contribution in [0.25, 0.3) is 0 Å². The topological polar surface area (TPSA) is 43.6 Å². The van der Waals surface area contributed by atoms with E-state index in [-0.39, 0.29) is 0 Å². The maximum absolute atomic E-state index is 5.86. The summed E-state index contributed by atoms with van der Waals surface area (Å²) < 4.78 is 16.4. The fourth-order valence-electron chi connectivity index (χ4n) is 2.55. The lowest BCUT2D eigenvalue weighted by atomic mass is 9.90. The molecule has 2 rings (SSSR count). The minimum absolute atomic E-state index is 0.296. The van der Waals surface area contributed by atoms with Crippen molar-refractivity contribution in [1.29, 1.82) is 0 Å². The summed E-state index contributed by atoms with van der Waals surface area (Å²) in [6, 6.07) is 4.36. The maximum atomic E-state index is 5.86. The van der Waals surface area contributed by atoms with Crippen molar-refractivity contribution in [2.45, 2.75) is 32.4 Å². The molecule has 0 radical (unpaired) electrons. The van der Waals surface area contributed by atoms with E-state index >= 15 is 0 Å². The second-order valence-corrected chi connectivity index (χ2v) is 4.72. The van der Waals surface area contributed by atoms with Crippen LogP contribution in [0.5, 0.6) is 0 Å². The largest absolute Gasteiger partial charge is 0.462 e. The van der Waals surface area contributed by atoms with Gasteiger partial charge in [0.2, 0.25) is 0 Å². The number of rotatable bonds is 6. The zero-order valence-electron chi connectivity index (χ0n) is 11.3. The van der Waals surface area contributed by atoms with Gasteiger partial charge in [0.15, 0.2) is 0 Å². The summed E-state index contributed by atoms with van der Waals surface area (Å²) >= 11 is 0. The molecule has 1 unspecified atom stereocenters. The van der Waals surface area contributed by atoms with Gasteiger partial charge in [0.05, 0.1) is 6.04 Å². The quantitative estimate of drug-likeness (QED) is 0.846. The van der Waals surface area contributed by atoms with Gasteiger partial charge in [-0.3, -0.25) is 0 Å². The number of furan rings is 1. The van der Waals surface area contributed by atoms with Crippen molar-refractivity contribution in [2.75, 3.05) is 26.9 Å². The molecule has 1 aliphatic heterocycles. The van der Waals surface area contributed by atoms with Gasteiger partial charge in [-0.15, -0.1) is 0 Å². The molecule has 4 heteroatoms. The molecule has 0 amide bonds. The van der Waals surface area contributed by atoms with Crippen LogP contribution in [0.2, 0.25) is 0 Å². The zero-order chi connectivity index (χ0) is 12.8.